The molecule has 17 heavy (non-hydrogen) atoms. The Morgan fingerprint density at radius 2 is 2.18 bits per heavy atom. The molecule has 4 heteroatoms. The molecule has 2 rings (SSSR count). The van der Waals surface area contributed by atoms with Crippen LogP contribution >= 0.6 is 11.6 Å². The highest BCUT2D eigenvalue weighted by Crippen LogP contribution is 2.30. The second-order valence-corrected chi connectivity index (χ2v) is 5.76. The minimum Gasteiger partial charge on any atom is -0.452 e. The van der Waals surface area contributed by atoms with E-state index in [0.29, 0.717) is 11.0 Å². The van der Waals surface area contributed by atoms with Gasteiger partial charge in [-0.1, -0.05) is 13.8 Å². The number of hydrogen-bond donors (Lipinski definition) is 0. The summed E-state index contributed by atoms with van der Waals surface area (Å²) < 4.78 is 4.97. The fourth-order valence-electron chi connectivity index (χ4n) is 2.24. The van der Waals surface area contributed by atoms with Gasteiger partial charge in [-0.2, -0.15) is 0 Å². The molecule has 0 atom stereocenters. The normalized spacial score (nSPS) is 20.1. The van der Waals surface area contributed by atoms with Gasteiger partial charge in [0.05, 0.1) is 11.8 Å². The van der Waals surface area contributed by atoms with Crippen molar-refractivity contribution in [1.29, 1.82) is 0 Å². The van der Waals surface area contributed by atoms with Crippen molar-refractivity contribution in [3.05, 3.63) is 23.1 Å². The van der Waals surface area contributed by atoms with Crippen molar-refractivity contribution >= 4 is 17.5 Å². The first-order valence-corrected chi connectivity index (χ1v) is 6.40. The second kappa shape index (κ2) is 4.73. The average molecular weight is 256 g/mol. The number of carbonyl (C=O) groups is 1. The lowest BCUT2D eigenvalue weighted by molar-refractivity contribution is 0.0757. The molecule has 1 fully saturated rings. The van der Waals surface area contributed by atoms with Crippen molar-refractivity contribution in [3.8, 4) is 0 Å². The topological polar surface area (TPSA) is 33.5 Å². The van der Waals surface area contributed by atoms with Gasteiger partial charge in [0.1, 0.15) is 0 Å². The number of furan rings is 1. The zero-order chi connectivity index (χ0) is 12.5. The van der Waals surface area contributed by atoms with Crippen LogP contribution in [0.4, 0.5) is 0 Å². The Bertz CT molecular complexity index is 411. The van der Waals surface area contributed by atoms with Crippen molar-refractivity contribution in [3.63, 3.8) is 0 Å². The van der Waals surface area contributed by atoms with Crippen LogP contribution in [0.5, 0.6) is 0 Å². The molecule has 3 nitrogen and oxygen atoms in total. The number of likely N-dealkylation sites (tertiary alicyclic amines) is 1. The first-order valence-electron chi connectivity index (χ1n) is 6.02. The van der Waals surface area contributed by atoms with Gasteiger partial charge in [-0.05, 0) is 42.3 Å². The highest BCUT2D eigenvalue weighted by atomic mass is 35.5. The van der Waals surface area contributed by atoms with Gasteiger partial charge >= 0.3 is 0 Å². The Balaban J connectivity index is 2.08. The van der Waals surface area contributed by atoms with Gasteiger partial charge in [0.2, 0.25) is 5.22 Å². The summed E-state index contributed by atoms with van der Waals surface area (Å²) in [6, 6.07) is 1.64. The molecule has 1 aliphatic rings. The van der Waals surface area contributed by atoms with E-state index >= 15 is 0 Å². The standard InChI is InChI=1S/C13H18ClNO2/c1-13(2)5-3-7-15(8-6-13)12(16)10-4-9-17-11(10)14/h4,9H,3,5-8H2,1-2H3. The molecule has 0 saturated carbocycles. The summed E-state index contributed by atoms with van der Waals surface area (Å²) >= 11 is 5.84. The van der Waals surface area contributed by atoms with E-state index in [1.807, 2.05) is 4.90 Å². The van der Waals surface area contributed by atoms with Gasteiger partial charge in [0.25, 0.3) is 5.91 Å². The molecule has 1 amide bonds. The molecule has 1 aliphatic heterocycles. The third-order valence-corrected chi connectivity index (χ3v) is 3.77. The zero-order valence-corrected chi connectivity index (χ0v) is 11.1. The third kappa shape index (κ3) is 2.83. The summed E-state index contributed by atoms with van der Waals surface area (Å²) in [7, 11) is 0. The van der Waals surface area contributed by atoms with E-state index in [1.54, 1.807) is 6.07 Å². The van der Waals surface area contributed by atoms with Gasteiger partial charge in [0, 0.05) is 13.1 Å². The Morgan fingerprint density at radius 1 is 1.41 bits per heavy atom. The van der Waals surface area contributed by atoms with Crippen molar-refractivity contribution in [1.82, 2.24) is 4.90 Å². The maximum Gasteiger partial charge on any atom is 0.258 e. The minimum atomic E-state index is -0.0125. The van der Waals surface area contributed by atoms with Crippen LogP contribution in [0.25, 0.3) is 0 Å². The smallest absolute Gasteiger partial charge is 0.258 e. The molecule has 0 aliphatic carbocycles. The molecule has 0 aromatic carbocycles. The Labute approximate surface area is 107 Å². The summed E-state index contributed by atoms with van der Waals surface area (Å²) in [5.74, 6) is -0.0125. The van der Waals surface area contributed by atoms with Crippen LogP contribution in [-0.4, -0.2) is 23.9 Å². The molecular weight excluding hydrogens is 238 g/mol. The summed E-state index contributed by atoms with van der Waals surface area (Å²) in [5.41, 5.74) is 0.807. The fourth-order valence-corrected chi connectivity index (χ4v) is 2.44. The van der Waals surface area contributed by atoms with Crippen LogP contribution < -0.4 is 0 Å². The number of carbonyl (C=O) groups excluding carboxylic acids is 1. The van der Waals surface area contributed by atoms with Gasteiger partial charge < -0.3 is 9.32 Å². The quantitative estimate of drug-likeness (QED) is 0.768. The highest BCUT2D eigenvalue weighted by molar-refractivity contribution is 6.32. The van der Waals surface area contributed by atoms with Gasteiger partial charge in [-0.3, -0.25) is 4.79 Å². The second-order valence-electron chi connectivity index (χ2n) is 5.42. The largest absolute Gasteiger partial charge is 0.452 e. The first kappa shape index (κ1) is 12.5. The minimum absolute atomic E-state index is 0.0125. The van der Waals surface area contributed by atoms with Crippen molar-refractivity contribution in [2.45, 2.75) is 33.1 Å². The highest BCUT2D eigenvalue weighted by Gasteiger charge is 2.27. The maximum atomic E-state index is 12.2. The van der Waals surface area contributed by atoms with Gasteiger partial charge in [-0.25, -0.2) is 0 Å². The van der Waals surface area contributed by atoms with Gasteiger partial charge in [-0.15, -0.1) is 0 Å². The van der Waals surface area contributed by atoms with E-state index in [-0.39, 0.29) is 11.1 Å². The molecule has 1 aromatic heterocycles. The molecule has 1 aromatic rings. The molecule has 1 saturated heterocycles. The maximum absolute atomic E-state index is 12.2. The molecule has 0 unspecified atom stereocenters. The molecule has 2 heterocycles. The van der Waals surface area contributed by atoms with Crippen LogP contribution in [0.1, 0.15) is 43.5 Å². The van der Waals surface area contributed by atoms with Crippen LogP contribution in [-0.2, 0) is 0 Å². The Hall–Kier alpha value is -0.960. The van der Waals surface area contributed by atoms with E-state index in [4.69, 9.17) is 16.0 Å². The van der Waals surface area contributed by atoms with Crippen LogP contribution in [0.2, 0.25) is 5.22 Å². The number of halogens is 1. The van der Waals surface area contributed by atoms with Crippen LogP contribution in [0.15, 0.2) is 16.7 Å². The molecule has 0 radical (unpaired) electrons. The zero-order valence-electron chi connectivity index (χ0n) is 10.3. The van der Waals surface area contributed by atoms with E-state index in [9.17, 15) is 4.79 Å². The average Bonchev–Trinajstić information content (AvgIpc) is 2.59. The van der Waals surface area contributed by atoms with Crippen molar-refractivity contribution in [2.24, 2.45) is 5.41 Å². The van der Waals surface area contributed by atoms with E-state index in [0.717, 1.165) is 32.4 Å². The lowest BCUT2D eigenvalue weighted by Gasteiger charge is -2.23. The predicted octanol–water partition coefficient (Wildman–Crippen LogP) is 3.59. The lowest BCUT2D eigenvalue weighted by atomic mass is 9.85. The lowest BCUT2D eigenvalue weighted by Crippen LogP contribution is -2.32. The number of rotatable bonds is 1. The van der Waals surface area contributed by atoms with E-state index in [2.05, 4.69) is 13.8 Å². The summed E-state index contributed by atoms with van der Waals surface area (Å²) in [6.45, 7) is 6.12. The summed E-state index contributed by atoms with van der Waals surface area (Å²) in [4.78, 5) is 14.1. The molecule has 0 spiro atoms. The number of hydrogen-bond acceptors (Lipinski definition) is 2. The number of amides is 1. The number of nitrogens with zero attached hydrogens (tertiary/aromatic N) is 1. The monoisotopic (exact) mass is 255 g/mol. The molecule has 94 valence electrons. The van der Waals surface area contributed by atoms with Crippen LogP contribution in [0, 0.1) is 5.41 Å². The third-order valence-electron chi connectivity index (χ3n) is 3.48. The van der Waals surface area contributed by atoms with E-state index in [1.165, 1.54) is 6.26 Å². The van der Waals surface area contributed by atoms with Crippen LogP contribution in [0.3, 0.4) is 0 Å². The SMILES string of the molecule is CC1(C)CCCN(C(=O)c2ccoc2Cl)CC1. The fraction of sp³-hybridized carbons (Fsp3) is 0.615. The molecule has 0 bridgehead atoms. The Kier molecular flexibility index (Phi) is 3.48. The Morgan fingerprint density at radius 3 is 2.82 bits per heavy atom. The summed E-state index contributed by atoms with van der Waals surface area (Å²) in [5, 5.41) is 0.193. The van der Waals surface area contributed by atoms with Crippen molar-refractivity contribution in [2.75, 3.05) is 13.1 Å². The van der Waals surface area contributed by atoms with Crippen molar-refractivity contribution < 1.29 is 9.21 Å². The van der Waals surface area contributed by atoms with E-state index < -0.39 is 0 Å². The predicted molar refractivity (Wildman–Crippen MR) is 67.3 cm³/mol. The molecular formula is C13H18ClNO2. The summed E-state index contributed by atoms with van der Waals surface area (Å²) in [6.07, 6.45) is 4.70. The first-order chi connectivity index (χ1) is 7.99. The molecule has 0 N–H and O–H groups in total. The van der Waals surface area contributed by atoms with Gasteiger partial charge in [0.15, 0.2) is 0 Å².